The first kappa shape index (κ1) is 10.5. The number of aromatic amines is 1. The second kappa shape index (κ2) is 4.33. The maximum atomic E-state index is 5.89. The van der Waals surface area contributed by atoms with E-state index in [0.29, 0.717) is 12.1 Å². The van der Waals surface area contributed by atoms with Crippen LogP contribution in [0.3, 0.4) is 0 Å². The molecular formula is C12H17N5. The van der Waals surface area contributed by atoms with E-state index in [4.69, 9.17) is 5.73 Å². The highest BCUT2D eigenvalue weighted by Gasteiger charge is 2.19. The molecule has 4 N–H and O–H groups in total. The fourth-order valence-electron chi connectivity index (χ4n) is 2.37. The van der Waals surface area contributed by atoms with Crippen LogP contribution in [0.4, 0.5) is 5.95 Å². The Morgan fingerprint density at radius 2 is 2.12 bits per heavy atom. The number of pyridine rings is 1. The summed E-state index contributed by atoms with van der Waals surface area (Å²) in [6.07, 6.45) is 6.18. The molecule has 5 heteroatoms. The lowest BCUT2D eigenvalue weighted by atomic mass is 9.92. The van der Waals surface area contributed by atoms with Crippen molar-refractivity contribution in [2.75, 3.05) is 5.32 Å². The summed E-state index contributed by atoms with van der Waals surface area (Å²) in [5, 5.41) is 3.43. The molecular weight excluding hydrogens is 214 g/mol. The molecule has 0 bridgehead atoms. The lowest BCUT2D eigenvalue weighted by Gasteiger charge is -2.26. The fraction of sp³-hybridized carbons (Fsp3) is 0.500. The summed E-state index contributed by atoms with van der Waals surface area (Å²) >= 11 is 0. The molecule has 5 nitrogen and oxygen atoms in total. The first-order chi connectivity index (χ1) is 8.31. The van der Waals surface area contributed by atoms with Gasteiger partial charge in [0.2, 0.25) is 5.95 Å². The zero-order chi connectivity index (χ0) is 11.7. The third kappa shape index (κ3) is 2.24. The van der Waals surface area contributed by atoms with Crippen LogP contribution in [0.25, 0.3) is 11.2 Å². The Morgan fingerprint density at radius 3 is 2.88 bits per heavy atom. The molecule has 0 saturated heterocycles. The van der Waals surface area contributed by atoms with Gasteiger partial charge in [-0.3, -0.25) is 0 Å². The number of nitrogens with zero attached hydrogens (tertiary/aromatic N) is 2. The molecule has 90 valence electrons. The Labute approximate surface area is 99.8 Å². The predicted molar refractivity (Wildman–Crippen MR) is 67.7 cm³/mol. The van der Waals surface area contributed by atoms with Gasteiger partial charge in [0.05, 0.1) is 5.52 Å². The Hall–Kier alpha value is -1.62. The maximum absolute atomic E-state index is 5.89. The summed E-state index contributed by atoms with van der Waals surface area (Å²) < 4.78 is 0. The number of hydrogen-bond acceptors (Lipinski definition) is 4. The van der Waals surface area contributed by atoms with E-state index in [1.165, 1.54) is 0 Å². The van der Waals surface area contributed by atoms with Crippen molar-refractivity contribution in [3.63, 3.8) is 0 Å². The van der Waals surface area contributed by atoms with Crippen LogP contribution in [0.1, 0.15) is 25.7 Å². The average molecular weight is 231 g/mol. The Balaban J connectivity index is 1.72. The van der Waals surface area contributed by atoms with Crippen LogP contribution in [0.5, 0.6) is 0 Å². The highest BCUT2D eigenvalue weighted by molar-refractivity contribution is 5.72. The molecule has 3 rings (SSSR count). The van der Waals surface area contributed by atoms with Crippen molar-refractivity contribution >= 4 is 17.1 Å². The van der Waals surface area contributed by atoms with E-state index in [1.807, 2.05) is 12.1 Å². The first-order valence-corrected chi connectivity index (χ1v) is 6.14. The predicted octanol–water partition coefficient (Wildman–Crippen LogP) is 1.64. The number of aromatic nitrogens is 3. The molecule has 17 heavy (non-hydrogen) atoms. The highest BCUT2D eigenvalue weighted by Crippen LogP contribution is 2.20. The van der Waals surface area contributed by atoms with Gasteiger partial charge in [-0.1, -0.05) is 0 Å². The third-order valence-electron chi connectivity index (χ3n) is 3.37. The number of fused-ring (bicyclic) bond motifs is 1. The molecule has 1 aliphatic rings. The van der Waals surface area contributed by atoms with Gasteiger partial charge in [-0.2, -0.15) is 4.98 Å². The fourth-order valence-corrected chi connectivity index (χ4v) is 2.37. The summed E-state index contributed by atoms with van der Waals surface area (Å²) in [6.45, 7) is 0. The molecule has 1 saturated carbocycles. The number of hydrogen-bond donors (Lipinski definition) is 3. The van der Waals surface area contributed by atoms with Crippen molar-refractivity contribution in [1.82, 2.24) is 15.0 Å². The van der Waals surface area contributed by atoms with Crippen molar-refractivity contribution in [1.29, 1.82) is 0 Å². The number of nitrogens with one attached hydrogen (secondary N) is 2. The lowest BCUT2D eigenvalue weighted by Crippen LogP contribution is -2.33. The van der Waals surface area contributed by atoms with Crippen LogP contribution in [0.2, 0.25) is 0 Å². The molecule has 0 spiro atoms. The van der Waals surface area contributed by atoms with Gasteiger partial charge in [0, 0.05) is 18.3 Å². The van der Waals surface area contributed by atoms with Gasteiger partial charge < -0.3 is 16.0 Å². The van der Waals surface area contributed by atoms with Gasteiger partial charge in [0.15, 0.2) is 5.65 Å². The molecule has 0 amide bonds. The number of rotatable bonds is 2. The number of imidazole rings is 1. The maximum Gasteiger partial charge on any atom is 0.202 e. The summed E-state index contributed by atoms with van der Waals surface area (Å²) in [4.78, 5) is 11.9. The van der Waals surface area contributed by atoms with E-state index < -0.39 is 0 Å². The van der Waals surface area contributed by atoms with E-state index in [0.717, 1.165) is 42.8 Å². The Morgan fingerprint density at radius 1 is 1.29 bits per heavy atom. The summed E-state index contributed by atoms with van der Waals surface area (Å²) in [5.41, 5.74) is 7.63. The van der Waals surface area contributed by atoms with E-state index in [2.05, 4.69) is 20.3 Å². The van der Waals surface area contributed by atoms with Crippen LogP contribution < -0.4 is 11.1 Å². The van der Waals surface area contributed by atoms with Crippen LogP contribution in [0, 0.1) is 0 Å². The minimum Gasteiger partial charge on any atom is -0.353 e. The Bertz CT molecular complexity index is 465. The lowest BCUT2D eigenvalue weighted by molar-refractivity contribution is 0.410. The largest absolute Gasteiger partial charge is 0.353 e. The Kier molecular flexibility index (Phi) is 2.68. The van der Waals surface area contributed by atoms with Gasteiger partial charge in [-0.25, -0.2) is 4.98 Å². The van der Waals surface area contributed by atoms with Gasteiger partial charge in [0.25, 0.3) is 0 Å². The molecule has 2 aromatic rings. The zero-order valence-corrected chi connectivity index (χ0v) is 9.69. The van der Waals surface area contributed by atoms with Crippen molar-refractivity contribution in [2.45, 2.75) is 37.8 Å². The molecule has 0 radical (unpaired) electrons. The first-order valence-electron chi connectivity index (χ1n) is 6.14. The second-order valence-corrected chi connectivity index (χ2v) is 4.72. The van der Waals surface area contributed by atoms with Gasteiger partial charge in [-0.15, -0.1) is 0 Å². The van der Waals surface area contributed by atoms with Gasteiger partial charge in [0.1, 0.15) is 0 Å². The van der Waals surface area contributed by atoms with Gasteiger partial charge in [-0.05, 0) is 37.8 Å². The summed E-state index contributed by atoms with van der Waals surface area (Å²) in [5.74, 6) is 0.819. The standard InChI is InChI=1S/C12H17N5/c13-8-3-5-9(6-4-8)15-12-16-10-2-1-7-14-11(10)17-12/h1-2,7-9H,3-6,13H2,(H2,14,15,16,17). The van der Waals surface area contributed by atoms with Crippen molar-refractivity contribution in [2.24, 2.45) is 5.73 Å². The average Bonchev–Trinajstić information content (AvgIpc) is 2.74. The quantitative estimate of drug-likeness (QED) is 0.734. The second-order valence-electron chi connectivity index (χ2n) is 4.72. The number of H-pyrrole nitrogens is 1. The molecule has 0 aromatic carbocycles. The highest BCUT2D eigenvalue weighted by atomic mass is 15.2. The van der Waals surface area contributed by atoms with Gasteiger partial charge >= 0.3 is 0 Å². The summed E-state index contributed by atoms with van der Waals surface area (Å²) in [6, 6.07) is 4.75. The molecule has 2 aromatic heterocycles. The van der Waals surface area contributed by atoms with Crippen molar-refractivity contribution < 1.29 is 0 Å². The zero-order valence-electron chi connectivity index (χ0n) is 9.69. The minimum absolute atomic E-state index is 0.380. The SMILES string of the molecule is NC1CCC(Nc2nc3ncccc3[nH]2)CC1. The van der Waals surface area contributed by atoms with Crippen LogP contribution in [-0.4, -0.2) is 27.0 Å². The monoisotopic (exact) mass is 231 g/mol. The van der Waals surface area contributed by atoms with E-state index in [-0.39, 0.29) is 0 Å². The van der Waals surface area contributed by atoms with Crippen LogP contribution >= 0.6 is 0 Å². The molecule has 1 fully saturated rings. The third-order valence-corrected chi connectivity index (χ3v) is 3.37. The van der Waals surface area contributed by atoms with E-state index >= 15 is 0 Å². The topological polar surface area (TPSA) is 79.6 Å². The summed E-state index contributed by atoms with van der Waals surface area (Å²) in [7, 11) is 0. The normalized spacial score (nSPS) is 25.0. The molecule has 2 heterocycles. The van der Waals surface area contributed by atoms with Crippen molar-refractivity contribution in [3.8, 4) is 0 Å². The van der Waals surface area contributed by atoms with E-state index in [9.17, 15) is 0 Å². The molecule has 0 unspecified atom stereocenters. The minimum atomic E-state index is 0.380. The molecule has 0 aliphatic heterocycles. The molecule has 1 aliphatic carbocycles. The smallest absolute Gasteiger partial charge is 0.202 e. The van der Waals surface area contributed by atoms with Crippen LogP contribution in [-0.2, 0) is 0 Å². The van der Waals surface area contributed by atoms with Crippen LogP contribution in [0.15, 0.2) is 18.3 Å². The number of nitrogens with two attached hydrogens (primary N) is 1. The van der Waals surface area contributed by atoms with Crippen molar-refractivity contribution in [3.05, 3.63) is 18.3 Å². The van der Waals surface area contributed by atoms with E-state index in [1.54, 1.807) is 6.20 Å². The number of anilines is 1. The molecule has 0 atom stereocenters.